The molecule has 182 valence electrons. The molecule has 10 heteroatoms. The highest BCUT2D eigenvalue weighted by atomic mass is 16.5. The van der Waals surface area contributed by atoms with E-state index in [9.17, 15) is 19.2 Å². The number of hydrazone groups is 1. The van der Waals surface area contributed by atoms with E-state index in [2.05, 4.69) is 21.3 Å². The SMILES string of the molecule is COc1ccc([C@@H]2CC(c3ccccc3)=NN2C(=O)CCC(=O)NNC(=O)C(=O)NC2CC2)cc1. The van der Waals surface area contributed by atoms with Gasteiger partial charge >= 0.3 is 11.8 Å². The van der Waals surface area contributed by atoms with Crippen LogP contribution < -0.4 is 20.9 Å². The van der Waals surface area contributed by atoms with E-state index in [1.54, 1.807) is 7.11 Å². The van der Waals surface area contributed by atoms with E-state index in [-0.39, 0.29) is 30.8 Å². The zero-order valence-electron chi connectivity index (χ0n) is 19.3. The summed E-state index contributed by atoms with van der Waals surface area (Å²) in [4.78, 5) is 48.6. The molecule has 1 saturated carbocycles. The Labute approximate surface area is 202 Å². The lowest BCUT2D eigenvalue weighted by atomic mass is 9.98. The molecular formula is C25H27N5O5. The van der Waals surface area contributed by atoms with E-state index in [0.717, 1.165) is 29.7 Å². The fourth-order valence-electron chi connectivity index (χ4n) is 3.69. The van der Waals surface area contributed by atoms with Crippen LogP contribution in [0.1, 0.15) is 49.3 Å². The van der Waals surface area contributed by atoms with E-state index in [1.165, 1.54) is 5.01 Å². The first-order valence-corrected chi connectivity index (χ1v) is 11.4. The van der Waals surface area contributed by atoms with Crippen molar-refractivity contribution >= 4 is 29.3 Å². The van der Waals surface area contributed by atoms with Gasteiger partial charge in [0.2, 0.25) is 11.8 Å². The Balaban J connectivity index is 1.37. The second-order valence-corrected chi connectivity index (χ2v) is 8.39. The maximum Gasteiger partial charge on any atom is 0.327 e. The number of hydrazine groups is 1. The quantitative estimate of drug-likeness (QED) is 0.412. The predicted molar refractivity (Wildman–Crippen MR) is 127 cm³/mol. The normalized spacial score (nSPS) is 16.8. The topological polar surface area (TPSA) is 129 Å². The molecule has 10 nitrogen and oxygen atoms in total. The lowest BCUT2D eigenvalue weighted by molar-refractivity contribution is -0.141. The van der Waals surface area contributed by atoms with Crippen LogP contribution in [-0.2, 0) is 19.2 Å². The summed E-state index contributed by atoms with van der Waals surface area (Å²) >= 11 is 0. The van der Waals surface area contributed by atoms with Crippen LogP contribution >= 0.6 is 0 Å². The standard InChI is InChI=1S/C25H27N5O5/c1-35-19-11-7-17(8-12-19)21-15-20(16-5-3-2-4-6-16)29-30(21)23(32)14-13-22(31)27-28-25(34)24(33)26-18-9-10-18/h2-8,11-12,18,21H,9-10,13-15H2,1H3,(H,26,33)(H,27,31)(H,28,34)/t21-/m0/s1. The van der Waals surface area contributed by atoms with Crippen molar-refractivity contribution in [3.8, 4) is 5.75 Å². The molecule has 1 aliphatic carbocycles. The number of amides is 4. The minimum atomic E-state index is -0.951. The fourth-order valence-corrected chi connectivity index (χ4v) is 3.69. The van der Waals surface area contributed by atoms with Crippen LogP contribution in [-0.4, -0.2) is 47.5 Å². The van der Waals surface area contributed by atoms with Crippen molar-refractivity contribution in [2.24, 2.45) is 5.10 Å². The highest BCUT2D eigenvalue weighted by Gasteiger charge is 2.33. The first-order valence-electron chi connectivity index (χ1n) is 11.4. The zero-order chi connectivity index (χ0) is 24.8. The van der Waals surface area contributed by atoms with Gasteiger partial charge < -0.3 is 10.1 Å². The van der Waals surface area contributed by atoms with Crippen LogP contribution in [0, 0.1) is 0 Å². The van der Waals surface area contributed by atoms with Crippen molar-refractivity contribution < 1.29 is 23.9 Å². The van der Waals surface area contributed by atoms with Crippen LogP contribution in [0.25, 0.3) is 0 Å². The minimum absolute atomic E-state index is 0.0296. The van der Waals surface area contributed by atoms with E-state index in [0.29, 0.717) is 12.2 Å². The van der Waals surface area contributed by atoms with Crippen LogP contribution in [0.15, 0.2) is 59.7 Å². The Hall–Kier alpha value is -4.21. The summed E-state index contributed by atoms with van der Waals surface area (Å²) in [6.07, 6.45) is 1.92. The predicted octanol–water partition coefficient (Wildman–Crippen LogP) is 1.58. The monoisotopic (exact) mass is 477 g/mol. The van der Waals surface area contributed by atoms with Gasteiger partial charge in [0.1, 0.15) is 5.75 Å². The Bertz CT molecular complexity index is 1130. The maximum atomic E-state index is 13.1. The third kappa shape index (κ3) is 6.23. The summed E-state index contributed by atoms with van der Waals surface area (Å²) in [7, 11) is 1.59. The van der Waals surface area contributed by atoms with Crippen molar-refractivity contribution in [3.63, 3.8) is 0 Å². The summed E-state index contributed by atoms with van der Waals surface area (Å²) in [6, 6.07) is 16.8. The van der Waals surface area contributed by atoms with Crippen LogP contribution in [0.3, 0.4) is 0 Å². The summed E-state index contributed by atoms with van der Waals surface area (Å²) in [5.41, 5.74) is 6.84. The molecule has 4 amide bonds. The van der Waals surface area contributed by atoms with Gasteiger partial charge in [-0.05, 0) is 36.1 Å². The van der Waals surface area contributed by atoms with Crippen molar-refractivity contribution in [2.75, 3.05) is 7.11 Å². The fraction of sp³-hybridized carbons (Fsp3) is 0.320. The van der Waals surface area contributed by atoms with E-state index in [1.807, 2.05) is 54.6 Å². The number of carbonyl (C=O) groups excluding carboxylic acids is 4. The second kappa shape index (κ2) is 10.8. The van der Waals surface area contributed by atoms with Gasteiger partial charge in [-0.1, -0.05) is 42.5 Å². The van der Waals surface area contributed by atoms with Gasteiger partial charge in [-0.15, -0.1) is 0 Å². The minimum Gasteiger partial charge on any atom is -0.497 e. The van der Waals surface area contributed by atoms with Gasteiger partial charge in [0.25, 0.3) is 0 Å². The smallest absolute Gasteiger partial charge is 0.327 e. The number of hydrogen-bond donors (Lipinski definition) is 3. The Morgan fingerprint density at radius 1 is 0.943 bits per heavy atom. The summed E-state index contributed by atoms with van der Waals surface area (Å²) in [6.45, 7) is 0. The molecule has 1 aliphatic heterocycles. The molecule has 35 heavy (non-hydrogen) atoms. The zero-order valence-corrected chi connectivity index (χ0v) is 19.3. The van der Waals surface area contributed by atoms with Crippen LogP contribution in [0.4, 0.5) is 0 Å². The number of nitrogens with one attached hydrogen (secondary N) is 3. The molecule has 0 unspecified atom stereocenters. The highest BCUT2D eigenvalue weighted by molar-refractivity contribution is 6.35. The molecule has 4 rings (SSSR count). The molecule has 2 aromatic rings. The Kier molecular flexibility index (Phi) is 7.39. The summed E-state index contributed by atoms with van der Waals surface area (Å²) in [5.74, 6) is -1.96. The van der Waals surface area contributed by atoms with Gasteiger partial charge in [0.15, 0.2) is 0 Å². The van der Waals surface area contributed by atoms with Crippen LogP contribution in [0.2, 0.25) is 0 Å². The number of methoxy groups -OCH3 is 1. The number of benzene rings is 2. The average Bonchev–Trinajstić information content (AvgIpc) is 3.59. The second-order valence-electron chi connectivity index (χ2n) is 8.39. The summed E-state index contributed by atoms with van der Waals surface area (Å²) in [5, 5.41) is 8.52. The van der Waals surface area contributed by atoms with Crippen LogP contribution in [0.5, 0.6) is 5.75 Å². The molecule has 0 aromatic heterocycles. The molecule has 0 saturated heterocycles. The van der Waals surface area contributed by atoms with E-state index in [4.69, 9.17) is 4.74 Å². The first-order chi connectivity index (χ1) is 16.9. The molecule has 0 spiro atoms. The number of nitrogens with zero attached hydrogens (tertiary/aromatic N) is 2. The largest absolute Gasteiger partial charge is 0.497 e. The number of ether oxygens (including phenoxy) is 1. The maximum absolute atomic E-state index is 13.1. The van der Waals surface area contributed by atoms with E-state index >= 15 is 0 Å². The van der Waals surface area contributed by atoms with E-state index < -0.39 is 17.7 Å². The van der Waals surface area contributed by atoms with Crippen molar-refractivity contribution in [2.45, 2.75) is 44.2 Å². The van der Waals surface area contributed by atoms with Gasteiger partial charge in [-0.3, -0.25) is 30.0 Å². The molecule has 0 radical (unpaired) electrons. The molecule has 1 atom stereocenters. The van der Waals surface area contributed by atoms with Crippen molar-refractivity contribution in [1.82, 2.24) is 21.2 Å². The van der Waals surface area contributed by atoms with Gasteiger partial charge in [-0.25, -0.2) is 5.01 Å². The highest BCUT2D eigenvalue weighted by Crippen LogP contribution is 2.34. The lowest BCUT2D eigenvalue weighted by Gasteiger charge is -2.22. The molecule has 2 aromatic carbocycles. The number of rotatable bonds is 7. The molecule has 3 N–H and O–H groups in total. The Morgan fingerprint density at radius 3 is 2.31 bits per heavy atom. The number of hydrogen-bond acceptors (Lipinski definition) is 6. The van der Waals surface area contributed by atoms with Crippen molar-refractivity contribution in [1.29, 1.82) is 0 Å². The van der Waals surface area contributed by atoms with Gasteiger partial charge in [-0.2, -0.15) is 5.10 Å². The molecule has 1 heterocycles. The van der Waals surface area contributed by atoms with Gasteiger partial charge in [0.05, 0.1) is 18.9 Å². The average molecular weight is 478 g/mol. The third-order valence-corrected chi connectivity index (χ3v) is 5.77. The van der Waals surface area contributed by atoms with Gasteiger partial charge in [0, 0.05) is 25.3 Å². The number of carbonyl (C=O) groups is 4. The van der Waals surface area contributed by atoms with Crippen molar-refractivity contribution in [3.05, 3.63) is 65.7 Å². The Morgan fingerprint density at radius 2 is 1.66 bits per heavy atom. The molecule has 2 aliphatic rings. The molecule has 1 fully saturated rings. The lowest BCUT2D eigenvalue weighted by Crippen LogP contribution is -2.49. The summed E-state index contributed by atoms with van der Waals surface area (Å²) < 4.78 is 5.23. The molecule has 0 bridgehead atoms. The third-order valence-electron chi connectivity index (χ3n) is 5.77. The first kappa shape index (κ1) is 23.9. The molecular weight excluding hydrogens is 450 g/mol.